The molecule has 0 fully saturated rings. The van der Waals surface area contributed by atoms with Gasteiger partial charge in [0.1, 0.15) is 11.0 Å². The highest BCUT2D eigenvalue weighted by atomic mass is 32.2. The van der Waals surface area contributed by atoms with Crippen molar-refractivity contribution in [2.75, 3.05) is 13.7 Å². The number of thioether (sulfide) groups is 1. The number of ether oxygens (including phenoxy) is 2. The zero-order chi connectivity index (χ0) is 14.8. The quantitative estimate of drug-likeness (QED) is 0.387. The summed E-state index contributed by atoms with van der Waals surface area (Å²) in [6.07, 6.45) is 4.23. The number of unbranched alkanes of at least 4 members (excludes halogenated alkanes) is 2. The van der Waals surface area contributed by atoms with Crippen LogP contribution in [0.25, 0.3) is 0 Å². The van der Waals surface area contributed by atoms with E-state index in [1.54, 1.807) is 18.9 Å². The van der Waals surface area contributed by atoms with Gasteiger partial charge in [-0.3, -0.25) is 4.79 Å². The Hall–Kier alpha value is -1.16. The maximum absolute atomic E-state index is 12.0. The van der Waals surface area contributed by atoms with Crippen molar-refractivity contribution in [1.29, 1.82) is 0 Å². The van der Waals surface area contributed by atoms with Crippen molar-refractivity contribution in [3.63, 3.8) is 0 Å². The number of benzene rings is 1. The van der Waals surface area contributed by atoms with Gasteiger partial charge in [-0.2, -0.15) is 0 Å². The molecule has 0 aliphatic rings. The summed E-state index contributed by atoms with van der Waals surface area (Å²) in [5, 5.41) is -0.116. The van der Waals surface area contributed by atoms with Gasteiger partial charge >= 0.3 is 5.97 Å². The number of methoxy groups -OCH3 is 1. The van der Waals surface area contributed by atoms with Crippen LogP contribution in [0, 0.1) is 0 Å². The van der Waals surface area contributed by atoms with Crippen LogP contribution in [-0.4, -0.2) is 24.9 Å². The van der Waals surface area contributed by atoms with Gasteiger partial charge in [0.25, 0.3) is 0 Å². The third kappa shape index (κ3) is 5.87. The first-order valence-corrected chi connectivity index (χ1v) is 8.06. The minimum Gasteiger partial charge on any atom is -0.497 e. The predicted molar refractivity (Wildman–Crippen MR) is 83.4 cm³/mol. The van der Waals surface area contributed by atoms with Crippen LogP contribution >= 0.6 is 11.8 Å². The lowest BCUT2D eigenvalue weighted by Gasteiger charge is -2.15. The zero-order valence-corrected chi connectivity index (χ0v) is 13.4. The molecule has 0 heterocycles. The number of esters is 1. The Morgan fingerprint density at radius 1 is 1.20 bits per heavy atom. The average Bonchev–Trinajstić information content (AvgIpc) is 2.47. The Kier molecular flexibility index (Phi) is 8.19. The fourth-order valence-electron chi connectivity index (χ4n) is 1.86. The van der Waals surface area contributed by atoms with E-state index in [0.29, 0.717) is 6.61 Å². The fourth-order valence-corrected chi connectivity index (χ4v) is 2.93. The van der Waals surface area contributed by atoms with Crippen LogP contribution in [0.1, 0.15) is 39.5 Å². The van der Waals surface area contributed by atoms with Gasteiger partial charge in [0.2, 0.25) is 0 Å². The summed E-state index contributed by atoms with van der Waals surface area (Å²) in [7, 11) is 1.65. The zero-order valence-electron chi connectivity index (χ0n) is 12.6. The lowest BCUT2D eigenvalue weighted by molar-refractivity contribution is -0.142. The molecule has 0 N–H and O–H groups in total. The smallest absolute Gasteiger partial charge is 0.319 e. The van der Waals surface area contributed by atoms with Crippen molar-refractivity contribution in [3.05, 3.63) is 24.3 Å². The molecule has 1 atom stereocenters. The Morgan fingerprint density at radius 3 is 2.45 bits per heavy atom. The van der Waals surface area contributed by atoms with Crippen molar-refractivity contribution in [3.8, 4) is 5.75 Å². The minimum atomic E-state index is -0.116. The van der Waals surface area contributed by atoms with Crippen LogP contribution in [0.15, 0.2) is 29.2 Å². The summed E-state index contributed by atoms with van der Waals surface area (Å²) < 4.78 is 10.3. The molecule has 0 aliphatic carbocycles. The van der Waals surface area contributed by atoms with E-state index < -0.39 is 0 Å². The second kappa shape index (κ2) is 9.70. The summed E-state index contributed by atoms with van der Waals surface area (Å²) in [6.45, 7) is 4.45. The Balaban J connectivity index is 2.63. The molecule has 1 unspecified atom stereocenters. The standard InChI is InChI=1S/C16H24O3S/c1-4-6-7-8-15(16(17)19-5-2)20-14-11-9-13(18-3)10-12-14/h9-12,15H,4-8H2,1-3H3. The average molecular weight is 296 g/mol. The lowest BCUT2D eigenvalue weighted by Crippen LogP contribution is -2.20. The molecule has 0 radical (unpaired) electrons. The van der Waals surface area contributed by atoms with Crippen LogP contribution in [-0.2, 0) is 9.53 Å². The maximum Gasteiger partial charge on any atom is 0.319 e. The van der Waals surface area contributed by atoms with Gasteiger partial charge in [0.15, 0.2) is 0 Å². The SMILES string of the molecule is CCCCCC(Sc1ccc(OC)cc1)C(=O)OCC. The molecule has 0 amide bonds. The summed E-state index contributed by atoms with van der Waals surface area (Å²) in [5.74, 6) is 0.720. The van der Waals surface area contributed by atoms with Crippen LogP contribution in [0.2, 0.25) is 0 Å². The van der Waals surface area contributed by atoms with Gasteiger partial charge in [0.05, 0.1) is 13.7 Å². The van der Waals surface area contributed by atoms with Crippen molar-refractivity contribution < 1.29 is 14.3 Å². The first kappa shape index (κ1) is 16.9. The molecule has 1 aromatic rings. The molecule has 1 aromatic carbocycles. The molecule has 0 aromatic heterocycles. The second-order valence-electron chi connectivity index (χ2n) is 4.53. The van der Waals surface area contributed by atoms with Crippen molar-refractivity contribution in [1.82, 2.24) is 0 Å². The Bertz CT molecular complexity index is 389. The number of rotatable bonds is 9. The molecule has 4 heteroatoms. The van der Waals surface area contributed by atoms with E-state index in [0.717, 1.165) is 36.3 Å². The summed E-state index contributed by atoms with van der Waals surface area (Å²) >= 11 is 1.58. The first-order valence-electron chi connectivity index (χ1n) is 7.18. The van der Waals surface area contributed by atoms with E-state index in [4.69, 9.17) is 9.47 Å². The highest BCUT2D eigenvalue weighted by Gasteiger charge is 2.20. The molecular formula is C16H24O3S. The molecule has 0 spiro atoms. The van der Waals surface area contributed by atoms with E-state index >= 15 is 0 Å². The second-order valence-corrected chi connectivity index (χ2v) is 5.81. The van der Waals surface area contributed by atoms with Crippen LogP contribution in [0.4, 0.5) is 0 Å². The van der Waals surface area contributed by atoms with Crippen LogP contribution < -0.4 is 4.74 Å². The van der Waals surface area contributed by atoms with Gasteiger partial charge < -0.3 is 9.47 Å². The van der Waals surface area contributed by atoms with Crippen molar-refractivity contribution in [2.45, 2.75) is 49.7 Å². The molecule has 1 rings (SSSR count). The molecule has 20 heavy (non-hydrogen) atoms. The summed E-state index contributed by atoms with van der Waals surface area (Å²) in [5.41, 5.74) is 0. The lowest BCUT2D eigenvalue weighted by atomic mass is 10.1. The topological polar surface area (TPSA) is 35.5 Å². The van der Waals surface area contributed by atoms with E-state index in [2.05, 4.69) is 6.92 Å². The Labute approximate surface area is 126 Å². The molecule has 112 valence electrons. The predicted octanol–water partition coefficient (Wildman–Crippen LogP) is 4.30. The molecule has 0 aliphatic heterocycles. The van der Waals surface area contributed by atoms with Gasteiger partial charge in [-0.1, -0.05) is 26.2 Å². The molecule has 0 saturated carbocycles. The highest BCUT2D eigenvalue weighted by Crippen LogP contribution is 2.29. The molecular weight excluding hydrogens is 272 g/mol. The number of carbonyl (C=O) groups excluding carboxylic acids is 1. The Morgan fingerprint density at radius 2 is 1.90 bits per heavy atom. The van der Waals surface area contributed by atoms with Gasteiger partial charge in [0, 0.05) is 4.90 Å². The van der Waals surface area contributed by atoms with E-state index in [1.807, 2.05) is 31.2 Å². The third-order valence-corrected chi connectivity index (χ3v) is 4.21. The van der Waals surface area contributed by atoms with Gasteiger partial charge in [-0.15, -0.1) is 11.8 Å². The normalized spacial score (nSPS) is 11.9. The molecule has 3 nitrogen and oxygen atoms in total. The number of carbonyl (C=O) groups is 1. The van der Waals surface area contributed by atoms with Gasteiger partial charge in [-0.25, -0.2) is 0 Å². The van der Waals surface area contributed by atoms with Gasteiger partial charge in [-0.05, 0) is 37.6 Å². The largest absolute Gasteiger partial charge is 0.497 e. The number of hydrogen-bond acceptors (Lipinski definition) is 4. The first-order chi connectivity index (χ1) is 9.71. The molecule has 0 saturated heterocycles. The van der Waals surface area contributed by atoms with Crippen molar-refractivity contribution >= 4 is 17.7 Å². The number of hydrogen-bond donors (Lipinski definition) is 0. The monoisotopic (exact) mass is 296 g/mol. The molecule has 0 bridgehead atoms. The van der Waals surface area contributed by atoms with E-state index in [1.165, 1.54) is 0 Å². The summed E-state index contributed by atoms with van der Waals surface area (Å²) in [6, 6.07) is 7.79. The van der Waals surface area contributed by atoms with Crippen LogP contribution in [0.5, 0.6) is 5.75 Å². The fraction of sp³-hybridized carbons (Fsp3) is 0.562. The van der Waals surface area contributed by atoms with Crippen molar-refractivity contribution in [2.24, 2.45) is 0 Å². The van der Waals surface area contributed by atoms with E-state index in [-0.39, 0.29) is 11.2 Å². The van der Waals surface area contributed by atoms with Crippen LogP contribution in [0.3, 0.4) is 0 Å². The van der Waals surface area contributed by atoms with E-state index in [9.17, 15) is 4.79 Å². The minimum absolute atomic E-state index is 0.107. The third-order valence-electron chi connectivity index (χ3n) is 2.96. The summed E-state index contributed by atoms with van der Waals surface area (Å²) in [4.78, 5) is 13.1. The maximum atomic E-state index is 12.0. The highest BCUT2D eigenvalue weighted by molar-refractivity contribution is 8.00.